The number of hydrogen-bond donors (Lipinski definition) is 3. The van der Waals surface area contributed by atoms with Crippen LogP contribution in [0.15, 0.2) is 70.9 Å². The summed E-state index contributed by atoms with van der Waals surface area (Å²) in [4.78, 5) is 23.6. The molecule has 0 bridgehead atoms. The van der Waals surface area contributed by atoms with Gasteiger partial charge >= 0.3 is 0 Å². The molecule has 4 N–H and O–H groups in total. The number of nitrogens with one attached hydrogen (secondary N) is 2. The number of sulfonamides is 1. The minimum absolute atomic E-state index is 0.105. The quantitative estimate of drug-likeness (QED) is 0.254. The Labute approximate surface area is 203 Å². The Morgan fingerprint density at radius 1 is 1.17 bits per heavy atom. The van der Waals surface area contributed by atoms with Crippen molar-refractivity contribution in [2.45, 2.75) is 4.90 Å². The van der Waals surface area contributed by atoms with Crippen molar-refractivity contribution in [3.05, 3.63) is 95.2 Å². The van der Waals surface area contributed by atoms with E-state index in [0.717, 1.165) is 36.4 Å². The first-order chi connectivity index (χ1) is 17.2. The van der Waals surface area contributed by atoms with Crippen molar-refractivity contribution in [3.63, 3.8) is 0 Å². The van der Waals surface area contributed by atoms with Gasteiger partial charge in [-0.3, -0.25) is 14.5 Å². The van der Waals surface area contributed by atoms with Crippen LogP contribution in [0.5, 0.6) is 0 Å². The molecule has 2 aromatic heterocycles. The first-order valence-corrected chi connectivity index (χ1v) is 11.8. The largest absolute Gasteiger partial charge is 0.404 e. The van der Waals surface area contributed by atoms with Gasteiger partial charge in [0.05, 0.1) is 16.1 Å². The van der Waals surface area contributed by atoms with Gasteiger partial charge in [-0.05, 0) is 36.4 Å². The number of carbonyl (C=O) groups excluding carboxylic acids is 1. The maximum Gasteiger partial charge on any atom is 0.262 e. The van der Waals surface area contributed by atoms with E-state index in [9.17, 15) is 22.0 Å². The first-order valence-electron chi connectivity index (χ1n) is 10.3. The minimum atomic E-state index is -4.44. The van der Waals surface area contributed by atoms with Crippen LogP contribution < -0.4 is 10.5 Å². The molecule has 12 heteroatoms. The van der Waals surface area contributed by atoms with Crippen molar-refractivity contribution in [1.29, 1.82) is 0 Å². The minimum Gasteiger partial charge on any atom is -0.404 e. The maximum absolute atomic E-state index is 15.3. The summed E-state index contributed by atoms with van der Waals surface area (Å²) in [6.07, 6.45) is 5.49. The molecule has 0 aliphatic carbocycles. The third kappa shape index (κ3) is 4.58. The van der Waals surface area contributed by atoms with Crippen LogP contribution in [0.3, 0.4) is 0 Å². The number of ketones is 1. The topological polar surface area (TPSA) is 130 Å². The van der Waals surface area contributed by atoms with Gasteiger partial charge in [-0.25, -0.2) is 26.6 Å². The van der Waals surface area contributed by atoms with Crippen molar-refractivity contribution in [2.75, 3.05) is 11.8 Å². The number of carbonyl (C=O) groups is 1. The third-order valence-corrected chi connectivity index (χ3v) is 6.59. The molecule has 0 saturated heterocycles. The average Bonchev–Trinajstić information content (AvgIpc) is 3.27. The van der Waals surface area contributed by atoms with E-state index in [4.69, 9.17) is 5.73 Å². The Bertz CT molecular complexity index is 1660. The van der Waals surface area contributed by atoms with Crippen LogP contribution in [0.4, 0.5) is 18.9 Å². The van der Waals surface area contributed by atoms with Crippen LogP contribution in [0.2, 0.25) is 0 Å². The molecule has 8 nitrogen and oxygen atoms in total. The zero-order valence-corrected chi connectivity index (χ0v) is 19.4. The van der Waals surface area contributed by atoms with Crippen molar-refractivity contribution < 1.29 is 26.4 Å². The molecule has 0 unspecified atom stereocenters. The Balaban J connectivity index is 1.77. The number of fused-ring (bicyclic) bond motifs is 1. The lowest BCUT2D eigenvalue weighted by molar-refractivity contribution is 0.103. The van der Waals surface area contributed by atoms with E-state index in [0.29, 0.717) is 11.1 Å². The van der Waals surface area contributed by atoms with Crippen molar-refractivity contribution >= 4 is 44.3 Å². The predicted molar refractivity (Wildman–Crippen MR) is 130 cm³/mol. The van der Waals surface area contributed by atoms with Crippen LogP contribution in [-0.4, -0.2) is 37.4 Å². The summed E-state index contributed by atoms with van der Waals surface area (Å²) in [6, 6.07) is 7.18. The molecule has 0 fully saturated rings. The van der Waals surface area contributed by atoms with Gasteiger partial charge < -0.3 is 10.7 Å². The molecule has 36 heavy (non-hydrogen) atoms. The normalized spacial score (nSPS) is 12.4. The van der Waals surface area contributed by atoms with Gasteiger partial charge in [0.2, 0.25) is 5.78 Å². The average molecular weight is 514 g/mol. The summed E-state index contributed by atoms with van der Waals surface area (Å²) >= 11 is 0. The second kappa shape index (κ2) is 9.66. The Kier molecular flexibility index (Phi) is 6.62. The van der Waals surface area contributed by atoms with Gasteiger partial charge in [0.25, 0.3) is 10.0 Å². The molecule has 4 aromatic rings. The van der Waals surface area contributed by atoms with Gasteiger partial charge in [0, 0.05) is 53.9 Å². The number of benzene rings is 2. The monoisotopic (exact) mass is 513 g/mol. The molecule has 0 aliphatic rings. The fourth-order valence-electron chi connectivity index (χ4n) is 3.51. The summed E-state index contributed by atoms with van der Waals surface area (Å²) < 4.78 is 70.6. The van der Waals surface area contributed by atoms with Gasteiger partial charge in [0.15, 0.2) is 5.82 Å². The summed E-state index contributed by atoms with van der Waals surface area (Å²) in [5.41, 5.74) is 5.13. The zero-order valence-electron chi connectivity index (χ0n) is 18.6. The maximum atomic E-state index is 15.3. The van der Waals surface area contributed by atoms with E-state index < -0.39 is 49.4 Å². The van der Waals surface area contributed by atoms with Crippen molar-refractivity contribution in [3.8, 4) is 0 Å². The van der Waals surface area contributed by atoms with Gasteiger partial charge in [0.1, 0.15) is 17.3 Å². The number of aliphatic imine (C=N–C) groups is 1. The molecule has 2 heterocycles. The number of nitrogens with two attached hydrogens (primary N) is 1. The van der Waals surface area contributed by atoms with Crippen LogP contribution >= 0.6 is 0 Å². The Morgan fingerprint density at radius 3 is 2.64 bits per heavy atom. The Hall–Kier alpha value is -4.45. The number of hydrogen-bond acceptors (Lipinski definition) is 6. The first kappa shape index (κ1) is 24.7. The van der Waals surface area contributed by atoms with E-state index in [1.807, 2.05) is 4.72 Å². The highest BCUT2D eigenvalue weighted by Crippen LogP contribution is 2.29. The number of H-pyrrole nitrogens is 1. The zero-order chi connectivity index (χ0) is 26.0. The highest BCUT2D eigenvalue weighted by molar-refractivity contribution is 7.92. The molecule has 184 valence electrons. The number of nitrogens with zero attached hydrogens (tertiary/aromatic N) is 2. The van der Waals surface area contributed by atoms with E-state index >= 15 is 4.39 Å². The molecule has 0 aliphatic heterocycles. The van der Waals surface area contributed by atoms with Crippen LogP contribution in [-0.2, 0) is 10.0 Å². The molecule has 0 saturated carbocycles. The number of rotatable bonds is 7. The molecule has 0 spiro atoms. The van der Waals surface area contributed by atoms with Gasteiger partial charge in [-0.2, -0.15) is 0 Å². The van der Waals surface area contributed by atoms with Crippen molar-refractivity contribution in [2.24, 2.45) is 10.7 Å². The van der Waals surface area contributed by atoms with E-state index in [1.165, 1.54) is 24.8 Å². The predicted octanol–water partition coefficient (Wildman–Crippen LogP) is 4.01. The van der Waals surface area contributed by atoms with E-state index in [2.05, 4.69) is 15.0 Å². The molecule has 2 aromatic carbocycles. The van der Waals surface area contributed by atoms with Crippen LogP contribution in [0, 0.1) is 17.5 Å². The number of pyridine rings is 1. The lowest BCUT2D eigenvalue weighted by Crippen LogP contribution is -2.16. The number of allylic oxidation sites excluding steroid dienone is 1. The van der Waals surface area contributed by atoms with Crippen LogP contribution in [0.1, 0.15) is 21.5 Å². The second-order valence-corrected chi connectivity index (χ2v) is 9.19. The number of halogens is 3. The molecular weight excluding hydrogens is 495 g/mol. The highest BCUT2D eigenvalue weighted by Gasteiger charge is 2.26. The standard InChI is InChI=1S/C24H18F3N5O3S/c1-29-10-14(9-28)13-7-17-18(12-31-24(17)30-11-13)23(33)21-19(26)5-6-20(22(21)27)32-36(34,35)16-4-2-3-15(25)8-16/h2-12,32H,28H2,1H3,(H,30,31). The summed E-state index contributed by atoms with van der Waals surface area (Å²) in [6.45, 7) is 0. The number of aromatic nitrogens is 2. The lowest BCUT2D eigenvalue weighted by Gasteiger charge is -2.12. The summed E-state index contributed by atoms with van der Waals surface area (Å²) in [7, 11) is -2.89. The van der Waals surface area contributed by atoms with Crippen molar-refractivity contribution in [1.82, 2.24) is 9.97 Å². The van der Waals surface area contributed by atoms with Crippen LogP contribution in [0.25, 0.3) is 16.6 Å². The van der Waals surface area contributed by atoms with E-state index in [-0.39, 0.29) is 16.6 Å². The second-order valence-electron chi connectivity index (χ2n) is 7.51. The third-order valence-electron chi connectivity index (χ3n) is 5.23. The molecule has 0 amide bonds. The lowest BCUT2D eigenvalue weighted by atomic mass is 10.00. The van der Waals surface area contributed by atoms with E-state index in [1.54, 1.807) is 13.1 Å². The van der Waals surface area contributed by atoms with Gasteiger partial charge in [-0.15, -0.1) is 0 Å². The molecule has 0 atom stereocenters. The fraction of sp³-hybridized carbons (Fsp3) is 0.0417. The van der Waals surface area contributed by atoms with Gasteiger partial charge in [-0.1, -0.05) is 6.07 Å². The highest BCUT2D eigenvalue weighted by atomic mass is 32.2. The Morgan fingerprint density at radius 2 is 1.94 bits per heavy atom. The summed E-state index contributed by atoms with van der Waals surface area (Å²) in [5.74, 6) is -4.51. The summed E-state index contributed by atoms with van der Waals surface area (Å²) in [5, 5.41) is 0.255. The molecular formula is C24H18F3N5O3S. The SMILES string of the molecule is CN=CC(=CN)c1cnc2[nH]cc(C(=O)c3c(F)ccc(NS(=O)(=O)c4cccc(F)c4)c3F)c2c1. The smallest absolute Gasteiger partial charge is 0.262 e. The molecule has 4 rings (SSSR count). The number of aromatic amines is 1. The fourth-order valence-corrected chi connectivity index (χ4v) is 4.60. The molecule has 0 radical (unpaired) electrons. The number of anilines is 1.